The van der Waals surface area contributed by atoms with Gasteiger partial charge in [0.25, 0.3) is 0 Å². The van der Waals surface area contributed by atoms with Crippen LogP contribution in [-0.4, -0.2) is 39.3 Å². The van der Waals surface area contributed by atoms with Gasteiger partial charge in [-0.1, -0.05) is 18.2 Å². The highest BCUT2D eigenvalue weighted by Crippen LogP contribution is 2.27. The maximum atomic E-state index is 9.91. The minimum Gasteiger partial charge on any atom is -0.436 e. The Balaban J connectivity index is 1.38. The molecule has 7 nitrogen and oxygen atoms in total. The lowest BCUT2D eigenvalue weighted by atomic mass is 10.1. The molecule has 7 heteroatoms. The van der Waals surface area contributed by atoms with Gasteiger partial charge >= 0.3 is 0 Å². The smallest absolute Gasteiger partial charge is 0.229 e. The highest BCUT2D eigenvalue weighted by molar-refractivity contribution is 5.80. The molecule has 0 saturated carbocycles. The van der Waals surface area contributed by atoms with Crippen LogP contribution in [0.3, 0.4) is 0 Å². The Hall–Kier alpha value is -3.45. The molecule has 0 amide bonds. The van der Waals surface area contributed by atoms with Gasteiger partial charge in [0.1, 0.15) is 11.3 Å². The van der Waals surface area contributed by atoms with Gasteiger partial charge in [-0.05, 0) is 49.2 Å². The van der Waals surface area contributed by atoms with Gasteiger partial charge in [-0.3, -0.25) is 0 Å². The van der Waals surface area contributed by atoms with Gasteiger partial charge in [0.15, 0.2) is 5.58 Å². The fourth-order valence-corrected chi connectivity index (χ4v) is 3.59. The summed E-state index contributed by atoms with van der Waals surface area (Å²) >= 11 is 0. The molecule has 146 valence electrons. The molecule has 1 saturated heterocycles. The van der Waals surface area contributed by atoms with Crippen LogP contribution in [0.2, 0.25) is 0 Å². The lowest BCUT2D eigenvalue weighted by Crippen LogP contribution is -2.38. The first-order chi connectivity index (χ1) is 14.2. The number of fused-ring (bicyclic) bond motifs is 1. The Morgan fingerprint density at radius 1 is 1.07 bits per heavy atom. The summed E-state index contributed by atoms with van der Waals surface area (Å²) in [5.41, 5.74) is 3.27. The molecule has 3 heterocycles. The Bertz CT molecular complexity index is 1130. The zero-order valence-electron chi connectivity index (χ0n) is 15.8. The first-order valence-corrected chi connectivity index (χ1v) is 9.74. The van der Waals surface area contributed by atoms with Gasteiger partial charge in [0, 0.05) is 30.5 Å². The zero-order chi connectivity index (χ0) is 19.6. The fourth-order valence-electron chi connectivity index (χ4n) is 3.59. The number of nitrogens with one attached hydrogen (secondary N) is 1. The van der Waals surface area contributed by atoms with E-state index in [2.05, 4.69) is 25.2 Å². The van der Waals surface area contributed by atoms with Gasteiger partial charge in [-0.25, -0.2) is 9.97 Å². The van der Waals surface area contributed by atoms with E-state index in [1.807, 2.05) is 54.6 Å². The maximum absolute atomic E-state index is 9.91. The van der Waals surface area contributed by atoms with E-state index in [4.69, 9.17) is 4.42 Å². The van der Waals surface area contributed by atoms with Gasteiger partial charge < -0.3 is 19.7 Å². The standard InChI is InChI=1S/C22H21N5O2/c28-17-7-4-12-27(14-17)20-10-11-23-22(26-20)24-16-8-9-19-18(13-16)25-21(29-19)15-5-2-1-3-6-15/h1-3,5-6,8-11,13,17,28H,4,7,12,14H2,(H,23,24,26). The fraction of sp³-hybridized carbons (Fsp3) is 0.227. The van der Waals surface area contributed by atoms with E-state index in [1.165, 1.54) is 0 Å². The minimum absolute atomic E-state index is 0.302. The average Bonchev–Trinajstić information content (AvgIpc) is 3.18. The second kappa shape index (κ2) is 7.52. The number of aliphatic hydroxyl groups excluding tert-OH is 1. The molecule has 2 aromatic heterocycles. The van der Waals surface area contributed by atoms with E-state index in [9.17, 15) is 5.11 Å². The van der Waals surface area contributed by atoms with Crippen molar-refractivity contribution in [3.05, 3.63) is 60.8 Å². The van der Waals surface area contributed by atoms with Crippen LogP contribution in [0.15, 0.2) is 65.2 Å². The summed E-state index contributed by atoms with van der Waals surface area (Å²) in [6.45, 7) is 1.49. The third-order valence-electron chi connectivity index (χ3n) is 5.03. The predicted octanol–water partition coefficient (Wildman–Crippen LogP) is 3.99. The number of β-amino-alcohol motifs (C(OH)–C–C–N with tert-alkyl or cyclic N) is 1. The highest BCUT2D eigenvalue weighted by atomic mass is 16.3. The summed E-state index contributed by atoms with van der Waals surface area (Å²) in [5, 5.41) is 13.2. The first kappa shape index (κ1) is 17.6. The van der Waals surface area contributed by atoms with Crippen LogP contribution in [0.4, 0.5) is 17.5 Å². The monoisotopic (exact) mass is 387 g/mol. The van der Waals surface area contributed by atoms with Gasteiger partial charge in [-0.15, -0.1) is 0 Å². The lowest BCUT2D eigenvalue weighted by molar-refractivity contribution is 0.154. The molecular weight excluding hydrogens is 366 g/mol. The number of rotatable bonds is 4. The van der Waals surface area contributed by atoms with E-state index >= 15 is 0 Å². The van der Waals surface area contributed by atoms with Crippen LogP contribution < -0.4 is 10.2 Å². The molecule has 0 radical (unpaired) electrons. The molecule has 2 aromatic carbocycles. The van der Waals surface area contributed by atoms with Crippen molar-refractivity contribution >= 4 is 28.6 Å². The van der Waals surface area contributed by atoms with Crippen molar-refractivity contribution in [3.8, 4) is 11.5 Å². The first-order valence-electron chi connectivity index (χ1n) is 9.74. The normalized spacial score (nSPS) is 16.9. The van der Waals surface area contributed by atoms with E-state index in [1.54, 1.807) is 6.20 Å². The number of hydrogen-bond donors (Lipinski definition) is 2. The largest absolute Gasteiger partial charge is 0.436 e. The van der Waals surface area contributed by atoms with Gasteiger partial charge in [0.2, 0.25) is 11.8 Å². The molecular formula is C22H21N5O2. The summed E-state index contributed by atoms with van der Waals surface area (Å²) in [5.74, 6) is 1.92. The molecule has 0 aliphatic carbocycles. The Morgan fingerprint density at radius 2 is 1.97 bits per heavy atom. The lowest BCUT2D eigenvalue weighted by Gasteiger charge is -2.31. The Morgan fingerprint density at radius 3 is 2.83 bits per heavy atom. The van der Waals surface area contributed by atoms with E-state index < -0.39 is 0 Å². The van der Waals surface area contributed by atoms with Crippen LogP contribution in [0.1, 0.15) is 12.8 Å². The summed E-state index contributed by atoms with van der Waals surface area (Å²) in [4.78, 5) is 15.6. The summed E-state index contributed by atoms with van der Waals surface area (Å²) < 4.78 is 5.87. The molecule has 1 unspecified atom stereocenters. The van der Waals surface area contributed by atoms with Gasteiger partial charge in [0.05, 0.1) is 6.10 Å². The number of piperidine rings is 1. The predicted molar refractivity (Wildman–Crippen MR) is 112 cm³/mol. The number of nitrogens with zero attached hydrogens (tertiary/aromatic N) is 4. The molecule has 0 spiro atoms. The third-order valence-corrected chi connectivity index (χ3v) is 5.03. The molecule has 1 aliphatic heterocycles. The number of aromatic nitrogens is 3. The second-order valence-electron chi connectivity index (χ2n) is 7.17. The SMILES string of the molecule is OC1CCCN(c2ccnc(Nc3ccc4oc(-c5ccccc5)nc4c3)n2)C1. The Labute approximate surface area is 168 Å². The molecule has 4 aromatic rings. The topological polar surface area (TPSA) is 87.3 Å². The van der Waals surface area contributed by atoms with E-state index in [0.717, 1.165) is 47.6 Å². The molecule has 0 bridgehead atoms. The number of hydrogen-bond acceptors (Lipinski definition) is 7. The van der Waals surface area contributed by atoms with Crippen LogP contribution in [0.5, 0.6) is 0 Å². The van der Waals surface area contributed by atoms with Crippen LogP contribution >= 0.6 is 0 Å². The maximum Gasteiger partial charge on any atom is 0.229 e. The van der Waals surface area contributed by atoms with Crippen molar-refractivity contribution in [1.82, 2.24) is 15.0 Å². The van der Waals surface area contributed by atoms with Crippen molar-refractivity contribution in [2.24, 2.45) is 0 Å². The van der Waals surface area contributed by atoms with Crippen LogP contribution in [-0.2, 0) is 0 Å². The average molecular weight is 387 g/mol. The second-order valence-corrected chi connectivity index (χ2v) is 7.17. The third kappa shape index (κ3) is 3.77. The van der Waals surface area contributed by atoms with Crippen molar-refractivity contribution in [2.75, 3.05) is 23.3 Å². The van der Waals surface area contributed by atoms with Crippen LogP contribution in [0.25, 0.3) is 22.6 Å². The van der Waals surface area contributed by atoms with Crippen molar-refractivity contribution in [3.63, 3.8) is 0 Å². The number of aliphatic hydroxyl groups is 1. The quantitative estimate of drug-likeness (QED) is 0.547. The highest BCUT2D eigenvalue weighted by Gasteiger charge is 2.19. The minimum atomic E-state index is -0.302. The van der Waals surface area contributed by atoms with Gasteiger partial charge in [-0.2, -0.15) is 4.98 Å². The molecule has 1 atom stereocenters. The van der Waals surface area contributed by atoms with Crippen LogP contribution in [0, 0.1) is 0 Å². The van der Waals surface area contributed by atoms with E-state index in [0.29, 0.717) is 18.4 Å². The summed E-state index contributed by atoms with van der Waals surface area (Å²) in [6.07, 6.45) is 3.23. The summed E-state index contributed by atoms with van der Waals surface area (Å²) in [7, 11) is 0. The van der Waals surface area contributed by atoms with Crippen molar-refractivity contribution < 1.29 is 9.52 Å². The number of benzene rings is 2. The van der Waals surface area contributed by atoms with E-state index in [-0.39, 0.29) is 6.10 Å². The Kier molecular flexibility index (Phi) is 4.57. The molecule has 5 rings (SSSR count). The molecule has 1 fully saturated rings. The number of oxazole rings is 1. The number of anilines is 3. The molecule has 1 aliphatic rings. The molecule has 29 heavy (non-hydrogen) atoms. The zero-order valence-corrected chi connectivity index (χ0v) is 15.8. The van der Waals surface area contributed by atoms with Crippen molar-refractivity contribution in [1.29, 1.82) is 0 Å². The van der Waals surface area contributed by atoms with Crippen molar-refractivity contribution in [2.45, 2.75) is 18.9 Å². The summed E-state index contributed by atoms with van der Waals surface area (Å²) in [6, 6.07) is 17.4. The molecule has 2 N–H and O–H groups in total.